The fourth-order valence-electron chi connectivity index (χ4n) is 2.21. The van der Waals surface area contributed by atoms with Gasteiger partial charge in [-0.15, -0.1) is 0 Å². The molecule has 1 atom stereocenters. The number of hydrogen-bond acceptors (Lipinski definition) is 2. The van der Waals surface area contributed by atoms with E-state index in [1.54, 1.807) is 12.3 Å². The van der Waals surface area contributed by atoms with Gasteiger partial charge in [-0.05, 0) is 42.8 Å². The number of halogens is 2. The second kappa shape index (κ2) is 5.13. The highest BCUT2D eigenvalue weighted by Gasteiger charge is 2.10. The molecule has 0 saturated heterocycles. The van der Waals surface area contributed by atoms with E-state index in [2.05, 4.69) is 15.5 Å². The van der Waals surface area contributed by atoms with Crippen LogP contribution in [0, 0.1) is 5.82 Å². The number of hydrogen-bond donors (Lipinski definition) is 2. The van der Waals surface area contributed by atoms with Crippen molar-refractivity contribution in [2.45, 2.75) is 13.0 Å². The van der Waals surface area contributed by atoms with Crippen molar-refractivity contribution in [3.05, 3.63) is 59.0 Å². The van der Waals surface area contributed by atoms with Gasteiger partial charge < -0.3 is 5.32 Å². The lowest BCUT2D eigenvalue weighted by atomic mass is 10.1. The van der Waals surface area contributed by atoms with E-state index in [-0.39, 0.29) is 11.9 Å². The number of fused-ring (bicyclic) bond motifs is 1. The molecule has 3 rings (SSSR count). The molecule has 1 unspecified atom stereocenters. The van der Waals surface area contributed by atoms with Crippen LogP contribution in [-0.2, 0) is 0 Å². The maximum absolute atomic E-state index is 13.1. The Hall–Kier alpha value is -2.07. The molecule has 20 heavy (non-hydrogen) atoms. The van der Waals surface area contributed by atoms with Crippen LogP contribution >= 0.6 is 11.6 Å². The number of rotatable bonds is 3. The third kappa shape index (κ3) is 2.47. The van der Waals surface area contributed by atoms with Crippen molar-refractivity contribution in [1.29, 1.82) is 0 Å². The summed E-state index contributed by atoms with van der Waals surface area (Å²) in [5.74, 6) is -0.329. The van der Waals surface area contributed by atoms with Crippen molar-refractivity contribution in [3.8, 4) is 0 Å². The van der Waals surface area contributed by atoms with Gasteiger partial charge in [-0.25, -0.2) is 4.39 Å². The molecule has 0 aliphatic heterocycles. The van der Waals surface area contributed by atoms with Gasteiger partial charge in [-0.3, -0.25) is 5.10 Å². The largest absolute Gasteiger partial charge is 0.378 e. The van der Waals surface area contributed by atoms with Gasteiger partial charge in [0, 0.05) is 22.1 Å². The van der Waals surface area contributed by atoms with Crippen molar-refractivity contribution in [2.75, 3.05) is 5.32 Å². The molecule has 102 valence electrons. The van der Waals surface area contributed by atoms with Gasteiger partial charge in [0.25, 0.3) is 0 Å². The zero-order chi connectivity index (χ0) is 14.1. The van der Waals surface area contributed by atoms with E-state index in [0.717, 1.165) is 22.2 Å². The topological polar surface area (TPSA) is 40.7 Å². The number of aromatic amines is 1. The third-order valence-electron chi connectivity index (χ3n) is 3.25. The smallest absolute Gasteiger partial charge is 0.124 e. The predicted octanol–water partition coefficient (Wildman–Crippen LogP) is 4.53. The maximum atomic E-state index is 13.1. The van der Waals surface area contributed by atoms with E-state index in [0.29, 0.717) is 5.02 Å². The van der Waals surface area contributed by atoms with Crippen LogP contribution in [0.5, 0.6) is 0 Å². The van der Waals surface area contributed by atoms with E-state index in [1.165, 1.54) is 12.1 Å². The Morgan fingerprint density at radius 3 is 2.90 bits per heavy atom. The summed E-state index contributed by atoms with van der Waals surface area (Å²) >= 11 is 6.07. The molecular formula is C15H13ClFN3. The van der Waals surface area contributed by atoms with E-state index in [4.69, 9.17) is 11.6 Å². The number of H-pyrrole nitrogens is 1. The molecule has 0 radical (unpaired) electrons. The molecule has 0 aliphatic carbocycles. The summed E-state index contributed by atoms with van der Waals surface area (Å²) in [6.45, 7) is 1.98. The maximum Gasteiger partial charge on any atom is 0.124 e. The van der Waals surface area contributed by atoms with Crippen molar-refractivity contribution >= 4 is 28.2 Å². The molecule has 0 amide bonds. The van der Waals surface area contributed by atoms with Crippen LogP contribution in [0.1, 0.15) is 18.5 Å². The third-order valence-corrected chi connectivity index (χ3v) is 3.58. The van der Waals surface area contributed by atoms with Crippen LogP contribution in [0.2, 0.25) is 5.02 Å². The zero-order valence-corrected chi connectivity index (χ0v) is 11.6. The summed E-state index contributed by atoms with van der Waals surface area (Å²) in [5, 5.41) is 11.7. The molecular weight excluding hydrogens is 277 g/mol. The summed E-state index contributed by atoms with van der Waals surface area (Å²) in [7, 11) is 0. The fourth-order valence-corrected chi connectivity index (χ4v) is 2.54. The minimum atomic E-state index is -0.329. The van der Waals surface area contributed by atoms with Crippen LogP contribution in [-0.4, -0.2) is 10.2 Å². The molecule has 2 N–H and O–H groups in total. The number of nitrogens with zero attached hydrogens (tertiary/aromatic N) is 1. The van der Waals surface area contributed by atoms with Gasteiger partial charge in [0.05, 0.1) is 11.7 Å². The Kier molecular flexibility index (Phi) is 3.32. The minimum absolute atomic E-state index is 0.0246. The van der Waals surface area contributed by atoms with Crippen molar-refractivity contribution in [1.82, 2.24) is 10.2 Å². The molecule has 3 aromatic rings. The SMILES string of the molecule is CC(Nc1ccc2cn[nH]c2c1)c1ccc(F)cc1Cl. The zero-order valence-electron chi connectivity index (χ0n) is 10.8. The van der Waals surface area contributed by atoms with E-state index < -0.39 is 0 Å². The first-order valence-electron chi connectivity index (χ1n) is 6.28. The number of benzene rings is 2. The Morgan fingerprint density at radius 1 is 1.25 bits per heavy atom. The van der Waals surface area contributed by atoms with Gasteiger partial charge in [0.1, 0.15) is 5.82 Å². The molecule has 0 aliphatic rings. The van der Waals surface area contributed by atoms with Gasteiger partial charge >= 0.3 is 0 Å². The summed E-state index contributed by atoms with van der Waals surface area (Å²) in [6.07, 6.45) is 1.78. The fraction of sp³-hybridized carbons (Fsp3) is 0.133. The first kappa shape index (κ1) is 12.9. The quantitative estimate of drug-likeness (QED) is 0.744. The lowest BCUT2D eigenvalue weighted by Gasteiger charge is -2.17. The van der Waals surface area contributed by atoms with Crippen LogP contribution in [0.15, 0.2) is 42.6 Å². The standard InChI is InChI=1S/C15H13ClFN3/c1-9(13-5-3-11(17)6-14(13)16)19-12-4-2-10-8-18-20-15(10)7-12/h2-9,19H,1H3,(H,18,20). The van der Waals surface area contributed by atoms with E-state index in [9.17, 15) is 4.39 Å². The second-order valence-electron chi connectivity index (χ2n) is 4.70. The van der Waals surface area contributed by atoms with Gasteiger partial charge in [0.2, 0.25) is 0 Å². The first-order chi connectivity index (χ1) is 9.63. The molecule has 1 aromatic heterocycles. The molecule has 2 aromatic carbocycles. The monoisotopic (exact) mass is 289 g/mol. The Balaban J connectivity index is 1.85. The molecule has 0 fully saturated rings. The molecule has 3 nitrogen and oxygen atoms in total. The Bertz CT molecular complexity index is 754. The van der Waals surface area contributed by atoms with Gasteiger partial charge in [0.15, 0.2) is 0 Å². The molecule has 0 spiro atoms. The van der Waals surface area contributed by atoms with Crippen LogP contribution < -0.4 is 5.32 Å². The predicted molar refractivity (Wildman–Crippen MR) is 79.5 cm³/mol. The lowest BCUT2D eigenvalue weighted by Crippen LogP contribution is -2.07. The van der Waals surface area contributed by atoms with Crippen LogP contribution in [0.4, 0.5) is 10.1 Å². The molecule has 0 saturated carbocycles. The number of nitrogens with one attached hydrogen (secondary N) is 2. The highest BCUT2D eigenvalue weighted by molar-refractivity contribution is 6.31. The summed E-state index contributed by atoms with van der Waals surface area (Å²) in [4.78, 5) is 0. The normalized spacial score (nSPS) is 12.6. The lowest BCUT2D eigenvalue weighted by molar-refractivity contribution is 0.626. The number of aromatic nitrogens is 2. The summed E-state index contributed by atoms with van der Waals surface area (Å²) in [6, 6.07) is 10.4. The van der Waals surface area contributed by atoms with E-state index >= 15 is 0 Å². The summed E-state index contributed by atoms with van der Waals surface area (Å²) in [5.41, 5.74) is 2.78. The second-order valence-corrected chi connectivity index (χ2v) is 5.11. The average Bonchev–Trinajstić information content (AvgIpc) is 2.85. The summed E-state index contributed by atoms with van der Waals surface area (Å²) < 4.78 is 13.1. The van der Waals surface area contributed by atoms with Crippen molar-refractivity contribution < 1.29 is 4.39 Å². The number of anilines is 1. The highest BCUT2D eigenvalue weighted by atomic mass is 35.5. The average molecular weight is 290 g/mol. The minimum Gasteiger partial charge on any atom is -0.378 e. The molecule has 5 heteroatoms. The van der Waals surface area contributed by atoms with Gasteiger partial charge in [-0.2, -0.15) is 5.10 Å². The first-order valence-corrected chi connectivity index (χ1v) is 6.66. The van der Waals surface area contributed by atoms with Crippen molar-refractivity contribution in [2.24, 2.45) is 0 Å². The Labute approximate surface area is 120 Å². The molecule has 1 heterocycles. The Morgan fingerprint density at radius 2 is 2.10 bits per heavy atom. The molecule has 0 bridgehead atoms. The van der Waals surface area contributed by atoms with Crippen LogP contribution in [0.3, 0.4) is 0 Å². The van der Waals surface area contributed by atoms with Gasteiger partial charge in [-0.1, -0.05) is 17.7 Å². The van der Waals surface area contributed by atoms with Crippen LogP contribution in [0.25, 0.3) is 10.9 Å². The van der Waals surface area contributed by atoms with Crippen molar-refractivity contribution in [3.63, 3.8) is 0 Å². The highest BCUT2D eigenvalue weighted by Crippen LogP contribution is 2.27. The van der Waals surface area contributed by atoms with E-state index in [1.807, 2.05) is 25.1 Å².